The molecule has 1 heterocycles. The summed E-state index contributed by atoms with van der Waals surface area (Å²) in [5.41, 5.74) is 0. The molecule has 1 aliphatic rings. The fourth-order valence-electron chi connectivity index (χ4n) is 8.80. The van der Waals surface area contributed by atoms with E-state index in [4.69, 9.17) is 23.7 Å². The summed E-state index contributed by atoms with van der Waals surface area (Å²) in [5, 5.41) is 31.4. The molecule has 0 radical (unpaired) electrons. The average molecular weight is 1010 g/mol. The lowest BCUT2D eigenvalue weighted by Gasteiger charge is -2.40. The number of unbranched alkanes of at least 4 members (excludes halogenated alkanes) is 29. The first kappa shape index (κ1) is 66.0. The van der Waals surface area contributed by atoms with E-state index < -0.39 is 67.3 Å². The Labute approximate surface area is 431 Å². The van der Waals surface area contributed by atoms with Crippen LogP contribution in [0, 0.1) is 0 Å². The van der Waals surface area contributed by atoms with Crippen LogP contribution in [-0.4, -0.2) is 89.2 Å². The molecular formula is C59H104O12. The molecule has 0 saturated carbocycles. The molecule has 71 heavy (non-hydrogen) atoms. The summed E-state index contributed by atoms with van der Waals surface area (Å²) in [6.45, 7) is 5.87. The van der Waals surface area contributed by atoms with Crippen molar-refractivity contribution in [3.63, 3.8) is 0 Å². The third-order valence-corrected chi connectivity index (χ3v) is 13.2. The molecule has 412 valence electrons. The number of carboxylic acid groups (broad SMARTS) is 1. The fourth-order valence-corrected chi connectivity index (χ4v) is 8.80. The number of hydrogen-bond donors (Lipinski definition) is 3. The standard InChI is InChI=1S/C59H104O12/c1-4-7-10-13-16-19-22-24-25-26-27-29-31-33-36-39-42-45-51(60)67-48-50(69-52(61)46-43-40-37-35-32-28-23-20-17-14-11-8-5-2)49-68-59-57(55(64)54(63)56(71-59)58(65)66)70-53(62)47-44-41-38-34-30-21-18-15-12-9-6-3/h7,10,16,19,24-25,50,54-57,59,63-64H,4-6,8-9,11-15,17-18,20-23,26-49H2,1-3H3,(H,65,66)/b10-7-,19-16-,25-24-. The molecule has 1 fully saturated rings. The zero-order chi connectivity index (χ0) is 51.8. The van der Waals surface area contributed by atoms with E-state index in [1.165, 1.54) is 109 Å². The van der Waals surface area contributed by atoms with Crippen molar-refractivity contribution in [3.8, 4) is 0 Å². The highest BCUT2D eigenvalue weighted by Crippen LogP contribution is 2.26. The number of allylic oxidation sites excluding steroid dienone is 6. The Hall–Kier alpha value is -3.06. The summed E-state index contributed by atoms with van der Waals surface area (Å²) in [5.74, 6) is -3.11. The van der Waals surface area contributed by atoms with Crippen LogP contribution in [0.5, 0.6) is 0 Å². The van der Waals surface area contributed by atoms with E-state index in [0.717, 1.165) is 96.3 Å². The third kappa shape index (κ3) is 38.2. The number of carboxylic acids is 1. The number of rotatable bonds is 49. The number of aliphatic hydroxyl groups excluding tert-OH is 2. The summed E-state index contributed by atoms with van der Waals surface area (Å²) in [6, 6.07) is 0. The van der Waals surface area contributed by atoms with Crippen LogP contribution in [-0.2, 0) is 42.9 Å². The first-order chi connectivity index (χ1) is 34.6. The van der Waals surface area contributed by atoms with Crippen LogP contribution in [0.25, 0.3) is 0 Å². The van der Waals surface area contributed by atoms with Crippen molar-refractivity contribution in [1.29, 1.82) is 0 Å². The summed E-state index contributed by atoms with van der Waals surface area (Å²) in [4.78, 5) is 51.0. The zero-order valence-electron chi connectivity index (χ0n) is 45.2. The van der Waals surface area contributed by atoms with Gasteiger partial charge in [-0.05, 0) is 51.4 Å². The number of aliphatic hydroxyl groups is 2. The molecule has 6 atom stereocenters. The maximum absolute atomic E-state index is 13.1. The SMILES string of the molecule is CC/C=C\C/C=C\C/C=C\CCCCCCCCCC(=O)OCC(COC1OC(C(=O)O)C(O)C(O)C1OC(=O)CCCCCCCCCCCCC)OC(=O)CCCCCCCCCCCCCCC. The van der Waals surface area contributed by atoms with Gasteiger partial charge >= 0.3 is 23.9 Å². The number of esters is 3. The van der Waals surface area contributed by atoms with Crippen LogP contribution in [0.2, 0.25) is 0 Å². The highest BCUT2D eigenvalue weighted by molar-refractivity contribution is 5.74. The Morgan fingerprint density at radius 1 is 0.479 bits per heavy atom. The van der Waals surface area contributed by atoms with E-state index in [1.54, 1.807) is 0 Å². The minimum Gasteiger partial charge on any atom is -0.479 e. The molecular weight excluding hydrogens is 901 g/mol. The van der Waals surface area contributed by atoms with Gasteiger partial charge in [-0.15, -0.1) is 0 Å². The lowest BCUT2D eigenvalue weighted by Crippen LogP contribution is -2.61. The molecule has 1 rings (SSSR count). The van der Waals surface area contributed by atoms with Crippen molar-refractivity contribution in [3.05, 3.63) is 36.5 Å². The van der Waals surface area contributed by atoms with E-state index in [1.807, 2.05) is 0 Å². The van der Waals surface area contributed by atoms with Crippen LogP contribution in [0.3, 0.4) is 0 Å². The topological polar surface area (TPSA) is 175 Å². The van der Waals surface area contributed by atoms with Crippen LogP contribution in [0.4, 0.5) is 0 Å². The summed E-state index contributed by atoms with van der Waals surface area (Å²) >= 11 is 0. The molecule has 6 unspecified atom stereocenters. The molecule has 3 N–H and O–H groups in total. The third-order valence-electron chi connectivity index (χ3n) is 13.2. The predicted octanol–water partition coefficient (Wildman–Crippen LogP) is 14.5. The van der Waals surface area contributed by atoms with Crippen LogP contribution < -0.4 is 0 Å². The lowest BCUT2D eigenvalue weighted by atomic mass is 9.98. The number of ether oxygens (including phenoxy) is 5. The largest absolute Gasteiger partial charge is 0.479 e. The van der Waals surface area contributed by atoms with Crippen LogP contribution in [0.1, 0.15) is 265 Å². The maximum Gasteiger partial charge on any atom is 0.335 e. The normalized spacial score (nSPS) is 18.7. The monoisotopic (exact) mass is 1000 g/mol. The van der Waals surface area contributed by atoms with Crippen molar-refractivity contribution in [2.45, 2.75) is 302 Å². The van der Waals surface area contributed by atoms with Crippen molar-refractivity contribution in [1.82, 2.24) is 0 Å². The molecule has 0 aromatic rings. The molecule has 0 spiro atoms. The van der Waals surface area contributed by atoms with Gasteiger partial charge in [0, 0.05) is 19.3 Å². The molecule has 0 aromatic heterocycles. The lowest BCUT2D eigenvalue weighted by molar-refractivity contribution is -0.301. The quantitative estimate of drug-likeness (QED) is 0.0228. The first-order valence-electron chi connectivity index (χ1n) is 29.0. The van der Waals surface area contributed by atoms with Crippen molar-refractivity contribution < 1.29 is 58.2 Å². The van der Waals surface area contributed by atoms with Gasteiger partial charge < -0.3 is 39.0 Å². The van der Waals surface area contributed by atoms with Crippen LogP contribution in [0.15, 0.2) is 36.5 Å². The number of aliphatic carboxylic acids is 1. The summed E-state index contributed by atoms with van der Waals surface area (Å²) in [7, 11) is 0. The van der Waals surface area contributed by atoms with E-state index in [-0.39, 0.29) is 25.9 Å². The second kappa shape index (κ2) is 47.9. The van der Waals surface area contributed by atoms with Crippen molar-refractivity contribution in [2.75, 3.05) is 13.2 Å². The van der Waals surface area contributed by atoms with E-state index in [0.29, 0.717) is 19.3 Å². The molecule has 0 amide bonds. The first-order valence-corrected chi connectivity index (χ1v) is 29.0. The fraction of sp³-hybridized carbons (Fsp3) is 0.831. The van der Waals surface area contributed by atoms with Gasteiger partial charge in [-0.2, -0.15) is 0 Å². The molecule has 0 aromatic carbocycles. The van der Waals surface area contributed by atoms with Gasteiger partial charge in [-0.25, -0.2) is 4.79 Å². The Kier molecular flexibility index (Phi) is 44.5. The van der Waals surface area contributed by atoms with E-state index >= 15 is 0 Å². The van der Waals surface area contributed by atoms with Gasteiger partial charge in [0.2, 0.25) is 0 Å². The molecule has 1 saturated heterocycles. The number of hydrogen-bond acceptors (Lipinski definition) is 11. The van der Waals surface area contributed by atoms with Gasteiger partial charge in [-0.3, -0.25) is 14.4 Å². The molecule has 0 bridgehead atoms. The minimum atomic E-state index is -1.90. The highest BCUT2D eigenvalue weighted by Gasteiger charge is 2.50. The number of carbonyl (C=O) groups is 4. The van der Waals surface area contributed by atoms with E-state index in [2.05, 4.69) is 57.2 Å². The predicted molar refractivity (Wildman–Crippen MR) is 285 cm³/mol. The Morgan fingerprint density at radius 2 is 0.887 bits per heavy atom. The van der Waals surface area contributed by atoms with Gasteiger partial charge in [0.1, 0.15) is 18.8 Å². The second-order valence-corrected chi connectivity index (χ2v) is 19.9. The van der Waals surface area contributed by atoms with Gasteiger partial charge in [0.05, 0.1) is 6.61 Å². The molecule has 0 aliphatic carbocycles. The second-order valence-electron chi connectivity index (χ2n) is 19.9. The van der Waals surface area contributed by atoms with Crippen LogP contribution >= 0.6 is 0 Å². The Bertz CT molecular complexity index is 1380. The van der Waals surface area contributed by atoms with Crippen molar-refractivity contribution >= 4 is 23.9 Å². The summed E-state index contributed by atoms with van der Waals surface area (Å²) in [6.07, 6.45) is 42.6. The van der Waals surface area contributed by atoms with Crippen molar-refractivity contribution in [2.24, 2.45) is 0 Å². The smallest absolute Gasteiger partial charge is 0.335 e. The molecule has 1 aliphatic heterocycles. The molecule has 12 nitrogen and oxygen atoms in total. The number of carbonyl (C=O) groups excluding carboxylic acids is 3. The average Bonchev–Trinajstić information content (AvgIpc) is 3.35. The molecule has 12 heteroatoms. The van der Waals surface area contributed by atoms with Gasteiger partial charge in [0.15, 0.2) is 24.6 Å². The van der Waals surface area contributed by atoms with E-state index in [9.17, 15) is 34.5 Å². The van der Waals surface area contributed by atoms with Gasteiger partial charge in [-0.1, -0.05) is 231 Å². The Morgan fingerprint density at radius 3 is 1.35 bits per heavy atom. The highest BCUT2D eigenvalue weighted by atomic mass is 16.7. The summed E-state index contributed by atoms with van der Waals surface area (Å²) < 4.78 is 28.4. The Balaban J connectivity index is 2.68. The maximum atomic E-state index is 13.1. The van der Waals surface area contributed by atoms with Gasteiger partial charge in [0.25, 0.3) is 0 Å². The zero-order valence-corrected chi connectivity index (χ0v) is 45.2. The minimum absolute atomic E-state index is 0.0645.